The van der Waals surface area contributed by atoms with Crippen LogP contribution in [0.3, 0.4) is 0 Å². The Labute approximate surface area is 207 Å². The maximum atomic E-state index is 12.9. The summed E-state index contributed by atoms with van der Waals surface area (Å²) < 4.78 is 38.6. The standard InChI is InChI=1S/C24H26ClF3N6O/c1-15(25)8-9-17(33-23(35)18-10-11-21(24(26,27)28)32-16(18)2)7-6-12-30-19-13-22(34(4)5)31-14-20(19)29-3/h6-14,29H,1-5H3,(H,33,35)/b7-6+,15-8+,17-9+,30-12?. The molecule has 0 unspecified atom stereocenters. The summed E-state index contributed by atoms with van der Waals surface area (Å²) in [6.45, 7) is 3.01. The van der Waals surface area contributed by atoms with E-state index in [0.717, 1.165) is 23.6 Å². The molecule has 0 aliphatic carbocycles. The van der Waals surface area contributed by atoms with Gasteiger partial charge in [0.1, 0.15) is 11.5 Å². The molecule has 0 saturated carbocycles. The van der Waals surface area contributed by atoms with Crippen LogP contribution in [0.15, 0.2) is 64.4 Å². The number of alkyl halides is 3. The highest BCUT2D eigenvalue weighted by Gasteiger charge is 2.33. The van der Waals surface area contributed by atoms with Crippen molar-refractivity contribution in [1.29, 1.82) is 0 Å². The molecule has 1 amide bonds. The molecule has 0 aliphatic rings. The van der Waals surface area contributed by atoms with Crippen molar-refractivity contribution < 1.29 is 18.0 Å². The molecular formula is C24H26ClF3N6O. The predicted molar refractivity (Wildman–Crippen MR) is 135 cm³/mol. The first kappa shape index (κ1) is 27.6. The van der Waals surface area contributed by atoms with E-state index in [1.807, 2.05) is 25.1 Å². The van der Waals surface area contributed by atoms with Crippen molar-refractivity contribution in [1.82, 2.24) is 15.3 Å². The Morgan fingerprint density at radius 3 is 2.51 bits per heavy atom. The Morgan fingerprint density at radius 1 is 1.23 bits per heavy atom. The fraction of sp³-hybridized carbons (Fsp3) is 0.250. The van der Waals surface area contributed by atoms with Crippen LogP contribution in [0.4, 0.5) is 30.4 Å². The summed E-state index contributed by atoms with van der Waals surface area (Å²) in [7, 11) is 5.50. The fourth-order valence-electron chi connectivity index (χ4n) is 2.75. The van der Waals surface area contributed by atoms with Gasteiger partial charge in [-0.05, 0) is 50.3 Å². The van der Waals surface area contributed by atoms with E-state index in [0.29, 0.717) is 16.4 Å². The highest BCUT2D eigenvalue weighted by atomic mass is 35.5. The average molecular weight is 507 g/mol. The molecular weight excluding hydrogens is 481 g/mol. The fourth-order valence-corrected chi connectivity index (χ4v) is 2.81. The van der Waals surface area contributed by atoms with E-state index >= 15 is 0 Å². The smallest absolute Gasteiger partial charge is 0.385 e. The van der Waals surface area contributed by atoms with Crippen molar-refractivity contribution in [2.24, 2.45) is 4.99 Å². The average Bonchev–Trinajstić information content (AvgIpc) is 2.78. The van der Waals surface area contributed by atoms with Crippen molar-refractivity contribution in [2.75, 3.05) is 31.4 Å². The SMILES string of the molecule is CNc1cnc(N(C)C)cc1N=C/C=C/C(=C\C=C(/C)Cl)NC(=O)c1ccc(C(F)(F)F)nc1C. The highest BCUT2D eigenvalue weighted by molar-refractivity contribution is 6.29. The van der Waals surface area contributed by atoms with Gasteiger partial charge in [-0.3, -0.25) is 9.79 Å². The molecule has 2 N–H and O–H groups in total. The minimum absolute atomic E-state index is 0.0178. The number of rotatable bonds is 8. The predicted octanol–water partition coefficient (Wildman–Crippen LogP) is 5.63. The summed E-state index contributed by atoms with van der Waals surface area (Å²) in [6, 6.07) is 3.68. The van der Waals surface area contributed by atoms with Crippen LogP contribution >= 0.6 is 11.6 Å². The first-order valence-corrected chi connectivity index (χ1v) is 10.8. The summed E-state index contributed by atoms with van der Waals surface area (Å²) in [5.74, 6) is 0.121. The van der Waals surface area contributed by atoms with Crippen molar-refractivity contribution >= 4 is 40.9 Å². The summed E-state index contributed by atoms with van der Waals surface area (Å²) in [5, 5.41) is 6.14. The Morgan fingerprint density at radius 2 is 1.94 bits per heavy atom. The largest absolute Gasteiger partial charge is 0.433 e. The van der Waals surface area contributed by atoms with Gasteiger partial charge in [-0.15, -0.1) is 0 Å². The summed E-state index contributed by atoms with van der Waals surface area (Å²) in [4.78, 5) is 26.8. The minimum atomic E-state index is -4.59. The van der Waals surface area contributed by atoms with E-state index < -0.39 is 17.8 Å². The van der Waals surface area contributed by atoms with Crippen LogP contribution in [-0.4, -0.2) is 43.2 Å². The van der Waals surface area contributed by atoms with Crippen LogP contribution in [-0.2, 0) is 6.18 Å². The third kappa shape index (κ3) is 8.25. The second kappa shape index (κ2) is 12.2. The van der Waals surface area contributed by atoms with Gasteiger partial charge < -0.3 is 15.5 Å². The molecule has 0 aromatic carbocycles. The van der Waals surface area contributed by atoms with Crippen LogP contribution < -0.4 is 15.5 Å². The molecule has 11 heteroatoms. The maximum Gasteiger partial charge on any atom is 0.433 e. The number of carbonyl (C=O) groups is 1. The molecule has 2 rings (SSSR count). The van der Waals surface area contributed by atoms with Crippen LogP contribution in [0.2, 0.25) is 0 Å². The lowest BCUT2D eigenvalue weighted by atomic mass is 10.1. The number of aryl methyl sites for hydroxylation is 1. The molecule has 186 valence electrons. The topological polar surface area (TPSA) is 82.5 Å². The third-order valence-corrected chi connectivity index (χ3v) is 4.67. The molecule has 2 aromatic rings. The van der Waals surface area contributed by atoms with Gasteiger partial charge in [-0.25, -0.2) is 9.97 Å². The van der Waals surface area contributed by atoms with Crippen LogP contribution in [0.25, 0.3) is 0 Å². The van der Waals surface area contributed by atoms with Crippen molar-refractivity contribution in [3.05, 3.63) is 76.4 Å². The first-order chi connectivity index (χ1) is 16.4. The summed E-state index contributed by atoms with van der Waals surface area (Å²) in [6.07, 6.45) is 4.94. The lowest BCUT2D eigenvalue weighted by molar-refractivity contribution is -0.141. The van der Waals surface area contributed by atoms with Crippen molar-refractivity contribution in [3.8, 4) is 0 Å². The zero-order chi connectivity index (χ0) is 26.2. The number of nitrogens with zero attached hydrogens (tertiary/aromatic N) is 4. The number of nitrogens with one attached hydrogen (secondary N) is 2. The number of carbonyl (C=O) groups excluding carboxylic acids is 1. The van der Waals surface area contributed by atoms with E-state index in [9.17, 15) is 18.0 Å². The Kier molecular flexibility index (Phi) is 9.59. The van der Waals surface area contributed by atoms with E-state index in [4.69, 9.17) is 11.6 Å². The second-order valence-electron chi connectivity index (χ2n) is 7.50. The second-order valence-corrected chi connectivity index (χ2v) is 8.09. The highest BCUT2D eigenvalue weighted by Crippen LogP contribution is 2.28. The van der Waals surface area contributed by atoms with E-state index in [1.165, 1.54) is 13.1 Å². The van der Waals surface area contributed by atoms with Gasteiger partial charge in [0.25, 0.3) is 5.91 Å². The molecule has 0 atom stereocenters. The molecule has 0 aliphatic heterocycles. The number of pyridine rings is 2. The number of aliphatic imine (C=N–C) groups is 1. The van der Waals surface area contributed by atoms with Crippen LogP contribution in [0.5, 0.6) is 0 Å². The molecule has 2 aromatic heterocycles. The van der Waals surface area contributed by atoms with Crippen LogP contribution in [0, 0.1) is 6.92 Å². The molecule has 0 radical (unpaired) electrons. The number of allylic oxidation sites excluding steroid dienone is 5. The zero-order valence-corrected chi connectivity index (χ0v) is 20.7. The quantitative estimate of drug-likeness (QED) is 0.358. The molecule has 2 heterocycles. The van der Waals surface area contributed by atoms with Gasteiger partial charge in [-0.1, -0.05) is 11.6 Å². The Balaban J connectivity index is 2.26. The number of halogens is 4. The molecule has 0 fully saturated rings. The van der Waals surface area contributed by atoms with Crippen LogP contribution in [0.1, 0.15) is 28.7 Å². The number of aromatic nitrogens is 2. The first-order valence-electron chi connectivity index (χ1n) is 10.4. The number of amides is 1. The molecule has 0 saturated heterocycles. The van der Waals surface area contributed by atoms with Gasteiger partial charge in [0.2, 0.25) is 0 Å². The van der Waals surface area contributed by atoms with E-state index in [1.54, 1.807) is 44.5 Å². The van der Waals surface area contributed by atoms with Gasteiger partial charge >= 0.3 is 6.18 Å². The Hall–Kier alpha value is -3.66. The van der Waals surface area contributed by atoms with Gasteiger partial charge in [-0.2, -0.15) is 13.2 Å². The van der Waals surface area contributed by atoms with E-state index in [2.05, 4.69) is 25.6 Å². The number of anilines is 2. The number of hydrogen-bond acceptors (Lipinski definition) is 6. The molecule has 0 bridgehead atoms. The third-order valence-electron chi connectivity index (χ3n) is 4.54. The van der Waals surface area contributed by atoms with Gasteiger partial charge in [0.15, 0.2) is 0 Å². The monoisotopic (exact) mass is 506 g/mol. The molecule has 7 nitrogen and oxygen atoms in total. The zero-order valence-electron chi connectivity index (χ0n) is 19.9. The summed E-state index contributed by atoms with van der Waals surface area (Å²) >= 11 is 5.90. The van der Waals surface area contributed by atoms with Crippen molar-refractivity contribution in [2.45, 2.75) is 20.0 Å². The molecule has 0 spiro atoms. The Bertz CT molecular complexity index is 1180. The lowest BCUT2D eigenvalue weighted by Crippen LogP contribution is -2.24. The lowest BCUT2D eigenvalue weighted by Gasteiger charge is -2.13. The van der Waals surface area contributed by atoms with E-state index in [-0.39, 0.29) is 11.3 Å². The van der Waals surface area contributed by atoms with Gasteiger partial charge in [0, 0.05) is 44.2 Å². The minimum Gasteiger partial charge on any atom is -0.385 e. The summed E-state index contributed by atoms with van der Waals surface area (Å²) in [5.41, 5.74) is 0.653. The number of hydrogen-bond donors (Lipinski definition) is 2. The van der Waals surface area contributed by atoms with Crippen molar-refractivity contribution in [3.63, 3.8) is 0 Å². The maximum absolute atomic E-state index is 12.9. The normalized spacial score (nSPS) is 12.9. The van der Waals surface area contributed by atoms with Gasteiger partial charge in [0.05, 0.1) is 28.8 Å². The molecule has 35 heavy (non-hydrogen) atoms.